The SMILES string of the molecule is CCN(C(=O)c1ccccc1)N(C(=O)c1cccc([N+](=O)[O-])c1)C(C)(C)C. The molecule has 0 heterocycles. The smallest absolute Gasteiger partial charge is 0.267 e. The third kappa shape index (κ3) is 4.49. The van der Waals surface area contributed by atoms with Crippen molar-refractivity contribution in [3.05, 3.63) is 75.8 Å². The quantitative estimate of drug-likeness (QED) is 0.604. The van der Waals surface area contributed by atoms with E-state index in [0.29, 0.717) is 5.56 Å². The summed E-state index contributed by atoms with van der Waals surface area (Å²) in [5.41, 5.74) is -0.284. The number of rotatable bonds is 4. The van der Waals surface area contributed by atoms with Crippen LogP contribution in [-0.4, -0.2) is 38.8 Å². The van der Waals surface area contributed by atoms with E-state index >= 15 is 0 Å². The molecular formula is C20H23N3O4. The van der Waals surface area contributed by atoms with Crippen LogP contribution in [0, 0.1) is 10.1 Å². The lowest BCUT2D eigenvalue weighted by atomic mass is 10.1. The van der Waals surface area contributed by atoms with E-state index in [1.165, 1.54) is 34.3 Å². The van der Waals surface area contributed by atoms with Gasteiger partial charge in [0.1, 0.15) is 0 Å². The van der Waals surface area contributed by atoms with Gasteiger partial charge in [0, 0.05) is 29.8 Å². The molecule has 0 radical (unpaired) electrons. The molecule has 2 rings (SSSR count). The molecule has 2 aromatic rings. The molecule has 0 saturated heterocycles. The van der Waals surface area contributed by atoms with Crippen LogP contribution in [0.1, 0.15) is 48.4 Å². The minimum atomic E-state index is -0.720. The molecule has 0 aliphatic rings. The van der Waals surface area contributed by atoms with E-state index in [1.54, 1.807) is 31.2 Å². The molecule has 7 nitrogen and oxygen atoms in total. The van der Waals surface area contributed by atoms with E-state index in [4.69, 9.17) is 0 Å². The number of nitrogens with zero attached hydrogens (tertiary/aromatic N) is 3. The number of hydrazine groups is 1. The summed E-state index contributed by atoms with van der Waals surface area (Å²) in [6.07, 6.45) is 0. The number of benzene rings is 2. The molecule has 0 aliphatic heterocycles. The van der Waals surface area contributed by atoms with Gasteiger partial charge >= 0.3 is 0 Å². The van der Waals surface area contributed by atoms with Crippen LogP contribution >= 0.6 is 0 Å². The maximum atomic E-state index is 13.2. The van der Waals surface area contributed by atoms with Crippen LogP contribution in [0.25, 0.3) is 0 Å². The normalized spacial score (nSPS) is 11.0. The lowest BCUT2D eigenvalue weighted by molar-refractivity contribution is -0.384. The van der Waals surface area contributed by atoms with E-state index in [9.17, 15) is 19.7 Å². The van der Waals surface area contributed by atoms with Gasteiger partial charge in [-0.25, -0.2) is 10.0 Å². The molecule has 0 saturated carbocycles. The van der Waals surface area contributed by atoms with E-state index in [1.807, 2.05) is 26.8 Å². The minimum absolute atomic E-state index is 0.151. The Hall–Kier alpha value is -3.22. The Morgan fingerprint density at radius 3 is 2.07 bits per heavy atom. The van der Waals surface area contributed by atoms with Crippen molar-refractivity contribution < 1.29 is 14.5 Å². The zero-order valence-electron chi connectivity index (χ0n) is 15.9. The highest BCUT2D eigenvalue weighted by molar-refractivity contribution is 5.99. The number of carbonyl (C=O) groups is 2. The summed E-state index contributed by atoms with van der Waals surface area (Å²) < 4.78 is 0. The number of carbonyl (C=O) groups excluding carboxylic acids is 2. The lowest BCUT2D eigenvalue weighted by Gasteiger charge is -2.43. The second-order valence-electron chi connectivity index (χ2n) is 6.98. The third-order valence-electron chi connectivity index (χ3n) is 3.93. The summed E-state index contributed by atoms with van der Waals surface area (Å²) in [6.45, 7) is 7.47. The van der Waals surface area contributed by atoms with Crippen molar-refractivity contribution >= 4 is 17.5 Å². The van der Waals surface area contributed by atoms with E-state index < -0.39 is 16.4 Å². The monoisotopic (exact) mass is 369 g/mol. The zero-order chi connectivity index (χ0) is 20.2. The van der Waals surface area contributed by atoms with Gasteiger partial charge in [-0.3, -0.25) is 19.7 Å². The average molecular weight is 369 g/mol. The predicted molar refractivity (Wildman–Crippen MR) is 102 cm³/mol. The summed E-state index contributed by atoms with van der Waals surface area (Å²) in [5, 5.41) is 13.8. The Labute approximate surface area is 158 Å². The first kappa shape index (κ1) is 20.1. The lowest BCUT2D eigenvalue weighted by Crippen LogP contribution is -2.58. The molecule has 0 bridgehead atoms. The van der Waals surface area contributed by atoms with Gasteiger partial charge in [-0.15, -0.1) is 0 Å². The van der Waals surface area contributed by atoms with Crippen molar-refractivity contribution in [1.82, 2.24) is 10.0 Å². The van der Waals surface area contributed by atoms with Gasteiger partial charge in [0.2, 0.25) is 0 Å². The van der Waals surface area contributed by atoms with Gasteiger partial charge in [-0.2, -0.15) is 0 Å². The average Bonchev–Trinajstić information content (AvgIpc) is 2.64. The van der Waals surface area contributed by atoms with Gasteiger partial charge < -0.3 is 0 Å². The first-order valence-electron chi connectivity index (χ1n) is 8.62. The molecule has 27 heavy (non-hydrogen) atoms. The molecule has 7 heteroatoms. The summed E-state index contributed by atoms with van der Waals surface area (Å²) in [5.74, 6) is -0.788. The van der Waals surface area contributed by atoms with Crippen molar-refractivity contribution in [3.63, 3.8) is 0 Å². The van der Waals surface area contributed by atoms with Gasteiger partial charge in [-0.05, 0) is 45.9 Å². The van der Waals surface area contributed by atoms with Crippen LogP contribution in [0.5, 0.6) is 0 Å². The number of hydrogen-bond donors (Lipinski definition) is 0. The molecule has 0 aliphatic carbocycles. The molecule has 0 spiro atoms. The van der Waals surface area contributed by atoms with Gasteiger partial charge in [0.25, 0.3) is 17.5 Å². The molecule has 142 valence electrons. The van der Waals surface area contributed by atoms with Crippen LogP contribution in [0.3, 0.4) is 0 Å². The standard InChI is InChI=1S/C20H23N3O4/c1-5-21(18(24)15-10-7-6-8-11-15)22(20(2,3)4)19(25)16-12-9-13-17(14-16)23(26)27/h6-14H,5H2,1-4H3. The third-order valence-corrected chi connectivity index (χ3v) is 3.93. The number of nitro groups is 1. The first-order chi connectivity index (χ1) is 12.7. The van der Waals surface area contributed by atoms with Gasteiger partial charge in [0.05, 0.1) is 10.5 Å². The number of non-ortho nitro benzene ring substituents is 1. The minimum Gasteiger partial charge on any atom is -0.267 e. The molecular weight excluding hydrogens is 346 g/mol. The van der Waals surface area contributed by atoms with Crippen LogP contribution in [-0.2, 0) is 0 Å². The second-order valence-corrected chi connectivity index (χ2v) is 6.98. The van der Waals surface area contributed by atoms with Crippen molar-refractivity contribution in [2.75, 3.05) is 6.54 Å². The highest BCUT2D eigenvalue weighted by Gasteiger charge is 2.35. The predicted octanol–water partition coefficient (Wildman–Crippen LogP) is 3.91. The highest BCUT2D eigenvalue weighted by Crippen LogP contribution is 2.24. The fraction of sp³-hybridized carbons (Fsp3) is 0.300. The van der Waals surface area contributed by atoms with E-state index in [-0.39, 0.29) is 23.7 Å². The van der Waals surface area contributed by atoms with Crippen LogP contribution in [0.15, 0.2) is 54.6 Å². The molecule has 0 fully saturated rings. The Kier molecular flexibility index (Phi) is 5.95. The summed E-state index contributed by atoms with van der Waals surface area (Å²) >= 11 is 0. The first-order valence-corrected chi connectivity index (χ1v) is 8.62. The molecule has 0 aromatic heterocycles. The summed E-state index contributed by atoms with van der Waals surface area (Å²) in [7, 11) is 0. The van der Waals surface area contributed by atoms with Crippen molar-refractivity contribution in [2.24, 2.45) is 0 Å². The number of amides is 2. The molecule has 0 unspecified atom stereocenters. The van der Waals surface area contributed by atoms with Crippen LogP contribution in [0.2, 0.25) is 0 Å². The van der Waals surface area contributed by atoms with Crippen molar-refractivity contribution in [3.8, 4) is 0 Å². The summed E-state index contributed by atoms with van der Waals surface area (Å²) in [4.78, 5) is 36.7. The van der Waals surface area contributed by atoms with Crippen molar-refractivity contribution in [2.45, 2.75) is 33.2 Å². The topological polar surface area (TPSA) is 83.8 Å². The fourth-order valence-corrected chi connectivity index (χ4v) is 2.76. The Balaban J connectivity index is 2.47. The Morgan fingerprint density at radius 2 is 1.56 bits per heavy atom. The van der Waals surface area contributed by atoms with Gasteiger partial charge in [0.15, 0.2) is 0 Å². The largest absolute Gasteiger partial charge is 0.273 e. The molecule has 2 aromatic carbocycles. The van der Waals surface area contributed by atoms with Crippen LogP contribution in [0.4, 0.5) is 5.69 Å². The summed E-state index contributed by atoms with van der Waals surface area (Å²) in [6, 6.07) is 14.2. The van der Waals surface area contributed by atoms with E-state index in [2.05, 4.69) is 0 Å². The second kappa shape index (κ2) is 7.99. The maximum absolute atomic E-state index is 13.2. The maximum Gasteiger partial charge on any atom is 0.273 e. The van der Waals surface area contributed by atoms with Crippen molar-refractivity contribution in [1.29, 1.82) is 0 Å². The highest BCUT2D eigenvalue weighted by atomic mass is 16.6. The van der Waals surface area contributed by atoms with Gasteiger partial charge in [-0.1, -0.05) is 24.3 Å². The number of nitro benzene ring substituents is 1. The Bertz CT molecular complexity index is 844. The zero-order valence-corrected chi connectivity index (χ0v) is 15.9. The Morgan fingerprint density at radius 1 is 0.963 bits per heavy atom. The molecule has 0 N–H and O–H groups in total. The van der Waals surface area contributed by atoms with Crippen LogP contribution < -0.4 is 0 Å². The fourth-order valence-electron chi connectivity index (χ4n) is 2.76. The molecule has 2 amide bonds. The number of hydrogen-bond acceptors (Lipinski definition) is 4. The van der Waals surface area contributed by atoms with E-state index in [0.717, 1.165) is 0 Å². The molecule has 0 atom stereocenters.